The Kier molecular flexibility index (Phi) is 3.58. The third kappa shape index (κ3) is 2.74. The van der Waals surface area contributed by atoms with E-state index in [4.69, 9.17) is 4.74 Å². The number of nitro groups is 1. The molecule has 1 aromatic carbocycles. The Morgan fingerprint density at radius 1 is 1.59 bits per heavy atom. The first kappa shape index (κ1) is 11.9. The molecule has 1 unspecified atom stereocenters. The summed E-state index contributed by atoms with van der Waals surface area (Å²) in [4.78, 5) is 10.6. The van der Waals surface area contributed by atoms with Crippen molar-refractivity contribution in [3.8, 4) is 5.75 Å². The number of nitro benzene ring substituents is 1. The van der Waals surface area contributed by atoms with E-state index in [9.17, 15) is 10.1 Å². The molecule has 1 aliphatic rings. The zero-order valence-electron chi connectivity index (χ0n) is 9.81. The van der Waals surface area contributed by atoms with Crippen molar-refractivity contribution in [3.63, 3.8) is 0 Å². The van der Waals surface area contributed by atoms with Crippen LogP contribution in [0.2, 0.25) is 0 Å². The van der Waals surface area contributed by atoms with Crippen LogP contribution < -0.4 is 10.1 Å². The summed E-state index contributed by atoms with van der Waals surface area (Å²) in [6.45, 7) is 1.00. The third-order valence-corrected chi connectivity index (χ3v) is 3.11. The maximum Gasteiger partial charge on any atom is 0.272 e. The van der Waals surface area contributed by atoms with Crippen molar-refractivity contribution in [1.29, 1.82) is 0 Å². The largest absolute Gasteiger partial charge is 0.497 e. The van der Waals surface area contributed by atoms with Crippen LogP contribution in [-0.4, -0.2) is 24.6 Å². The van der Waals surface area contributed by atoms with Gasteiger partial charge in [0.05, 0.1) is 12.0 Å². The van der Waals surface area contributed by atoms with E-state index in [2.05, 4.69) is 5.32 Å². The first-order valence-corrected chi connectivity index (χ1v) is 5.75. The summed E-state index contributed by atoms with van der Waals surface area (Å²) in [6, 6.07) is 5.26. The summed E-state index contributed by atoms with van der Waals surface area (Å²) < 4.78 is 5.11. The van der Waals surface area contributed by atoms with Gasteiger partial charge in [0, 0.05) is 17.7 Å². The van der Waals surface area contributed by atoms with E-state index in [1.807, 2.05) is 0 Å². The van der Waals surface area contributed by atoms with Gasteiger partial charge in [0.15, 0.2) is 0 Å². The quantitative estimate of drug-likeness (QED) is 0.640. The van der Waals surface area contributed by atoms with Crippen molar-refractivity contribution in [3.05, 3.63) is 33.9 Å². The van der Waals surface area contributed by atoms with Crippen LogP contribution >= 0.6 is 0 Å². The van der Waals surface area contributed by atoms with Crippen LogP contribution in [0.5, 0.6) is 5.75 Å². The Morgan fingerprint density at radius 2 is 2.41 bits per heavy atom. The van der Waals surface area contributed by atoms with Crippen LogP contribution in [0.4, 0.5) is 5.69 Å². The highest BCUT2D eigenvalue weighted by Gasteiger charge is 2.20. The summed E-state index contributed by atoms with van der Waals surface area (Å²) in [7, 11) is 1.57. The minimum Gasteiger partial charge on any atom is -0.497 e. The molecule has 0 amide bonds. The minimum atomic E-state index is -0.330. The van der Waals surface area contributed by atoms with Gasteiger partial charge in [0.2, 0.25) is 0 Å². The van der Waals surface area contributed by atoms with E-state index in [-0.39, 0.29) is 10.6 Å². The Balaban J connectivity index is 2.24. The lowest BCUT2D eigenvalue weighted by Crippen LogP contribution is -2.24. The number of nitrogens with one attached hydrogen (secondary N) is 1. The number of benzene rings is 1. The fraction of sp³-hybridized carbons (Fsp3) is 0.500. The van der Waals surface area contributed by atoms with E-state index in [1.165, 1.54) is 6.07 Å². The molecule has 1 atom stereocenters. The Bertz CT molecular complexity index is 414. The van der Waals surface area contributed by atoms with E-state index in [1.54, 1.807) is 19.2 Å². The normalized spacial score (nSPS) is 19.2. The second kappa shape index (κ2) is 5.14. The van der Waals surface area contributed by atoms with Gasteiger partial charge in [0.25, 0.3) is 5.69 Å². The number of nitrogens with zero attached hydrogens (tertiary/aromatic N) is 1. The molecular weight excluding hydrogens is 220 g/mol. The van der Waals surface area contributed by atoms with Crippen molar-refractivity contribution in [1.82, 2.24) is 5.32 Å². The van der Waals surface area contributed by atoms with Gasteiger partial charge in [-0.05, 0) is 37.9 Å². The average Bonchev–Trinajstić information content (AvgIpc) is 2.81. The van der Waals surface area contributed by atoms with Crippen LogP contribution in [0.15, 0.2) is 18.2 Å². The molecule has 0 aromatic heterocycles. The second-order valence-corrected chi connectivity index (χ2v) is 4.25. The Morgan fingerprint density at radius 3 is 3.00 bits per heavy atom. The molecule has 0 radical (unpaired) electrons. The van der Waals surface area contributed by atoms with Gasteiger partial charge in [-0.1, -0.05) is 0 Å². The van der Waals surface area contributed by atoms with Crippen LogP contribution in [0.25, 0.3) is 0 Å². The molecule has 0 bridgehead atoms. The van der Waals surface area contributed by atoms with Crippen LogP contribution in [-0.2, 0) is 6.42 Å². The molecule has 1 aromatic rings. The molecule has 1 fully saturated rings. The lowest BCUT2D eigenvalue weighted by Gasteiger charge is -2.11. The van der Waals surface area contributed by atoms with E-state index in [0.717, 1.165) is 24.9 Å². The molecule has 0 aliphatic carbocycles. The molecule has 0 saturated carbocycles. The van der Waals surface area contributed by atoms with Crippen molar-refractivity contribution in [2.45, 2.75) is 25.3 Å². The zero-order valence-corrected chi connectivity index (χ0v) is 9.81. The molecule has 5 heteroatoms. The van der Waals surface area contributed by atoms with Crippen LogP contribution in [0.1, 0.15) is 18.4 Å². The topological polar surface area (TPSA) is 64.4 Å². The first-order chi connectivity index (χ1) is 8.20. The fourth-order valence-electron chi connectivity index (χ4n) is 2.23. The van der Waals surface area contributed by atoms with E-state index >= 15 is 0 Å². The summed E-state index contributed by atoms with van der Waals surface area (Å²) in [5, 5.41) is 14.3. The van der Waals surface area contributed by atoms with E-state index in [0.29, 0.717) is 18.2 Å². The van der Waals surface area contributed by atoms with Gasteiger partial charge in [-0.3, -0.25) is 10.1 Å². The van der Waals surface area contributed by atoms with Crippen molar-refractivity contribution < 1.29 is 9.66 Å². The Hall–Kier alpha value is -1.62. The van der Waals surface area contributed by atoms with Crippen LogP contribution in [0.3, 0.4) is 0 Å². The van der Waals surface area contributed by atoms with Gasteiger partial charge < -0.3 is 10.1 Å². The number of hydrogen-bond donors (Lipinski definition) is 1. The van der Waals surface area contributed by atoms with Crippen molar-refractivity contribution in [2.24, 2.45) is 0 Å². The summed E-state index contributed by atoms with van der Waals surface area (Å²) in [6.07, 6.45) is 2.91. The molecule has 5 nitrogen and oxygen atoms in total. The van der Waals surface area contributed by atoms with Gasteiger partial charge in [-0.2, -0.15) is 0 Å². The van der Waals surface area contributed by atoms with Crippen molar-refractivity contribution in [2.75, 3.05) is 13.7 Å². The maximum atomic E-state index is 10.9. The molecule has 1 N–H and O–H groups in total. The fourth-order valence-corrected chi connectivity index (χ4v) is 2.23. The lowest BCUT2D eigenvalue weighted by atomic mass is 10.0. The average molecular weight is 236 g/mol. The molecule has 92 valence electrons. The standard InChI is InChI=1S/C12H16N2O3/c1-17-11-4-5-12(14(15)16)9(8-11)7-10-3-2-6-13-10/h4-5,8,10,13H,2-3,6-7H2,1H3. The summed E-state index contributed by atoms with van der Waals surface area (Å²) >= 11 is 0. The smallest absolute Gasteiger partial charge is 0.272 e. The molecule has 2 rings (SSSR count). The second-order valence-electron chi connectivity index (χ2n) is 4.25. The first-order valence-electron chi connectivity index (χ1n) is 5.75. The number of ether oxygens (including phenoxy) is 1. The maximum absolute atomic E-state index is 10.9. The van der Waals surface area contributed by atoms with Gasteiger partial charge in [-0.25, -0.2) is 0 Å². The zero-order chi connectivity index (χ0) is 12.3. The molecular formula is C12H16N2O3. The predicted octanol–water partition coefficient (Wildman–Crippen LogP) is 1.90. The highest BCUT2D eigenvalue weighted by molar-refractivity contribution is 5.45. The van der Waals surface area contributed by atoms with Crippen molar-refractivity contribution >= 4 is 5.69 Å². The molecule has 1 heterocycles. The minimum absolute atomic E-state index is 0.180. The molecule has 1 saturated heterocycles. The number of methoxy groups -OCH3 is 1. The molecule has 0 spiro atoms. The molecule has 1 aliphatic heterocycles. The van der Waals surface area contributed by atoms with E-state index < -0.39 is 0 Å². The SMILES string of the molecule is COc1ccc([N+](=O)[O-])c(CC2CCCN2)c1. The molecule has 17 heavy (non-hydrogen) atoms. The van der Waals surface area contributed by atoms with Gasteiger partial charge in [0.1, 0.15) is 5.75 Å². The van der Waals surface area contributed by atoms with Crippen LogP contribution in [0, 0.1) is 10.1 Å². The lowest BCUT2D eigenvalue weighted by molar-refractivity contribution is -0.385. The number of rotatable bonds is 4. The van der Waals surface area contributed by atoms with Gasteiger partial charge in [-0.15, -0.1) is 0 Å². The highest BCUT2D eigenvalue weighted by atomic mass is 16.6. The third-order valence-electron chi connectivity index (χ3n) is 3.11. The highest BCUT2D eigenvalue weighted by Crippen LogP contribution is 2.26. The monoisotopic (exact) mass is 236 g/mol. The number of hydrogen-bond acceptors (Lipinski definition) is 4. The summed E-state index contributed by atoms with van der Waals surface area (Å²) in [5.41, 5.74) is 0.924. The van der Waals surface area contributed by atoms with Gasteiger partial charge >= 0.3 is 0 Å². The Labute approximate surface area is 99.9 Å². The predicted molar refractivity (Wildman–Crippen MR) is 64.4 cm³/mol. The summed E-state index contributed by atoms with van der Waals surface area (Å²) in [5.74, 6) is 0.670.